The molecule has 1 N–H and O–H groups in total. The van der Waals surface area contributed by atoms with Crippen LogP contribution in [0.4, 0.5) is 0 Å². The van der Waals surface area contributed by atoms with E-state index in [4.69, 9.17) is 4.74 Å². The van der Waals surface area contributed by atoms with E-state index in [-0.39, 0.29) is 11.5 Å². The van der Waals surface area contributed by atoms with Crippen molar-refractivity contribution in [1.29, 1.82) is 0 Å². The Morgan fingerprint density at radius 1 is 1.35 bits per heavy atom. The second-order valence-electron chi connectivity index (χ2n) is 7.06. The van der Waals surface area contributed by atoms with E-state index < -0.39 is 5.60 Å². The predicted octanol–water partition coefficient (Wildman–Crippen LogP) is 3.78. The van der Waals surface area contributed by atoms with Gasteiger partial charge in [0, 0.05) is 18.4 Å². The molecule has 0 radical (unpaired) electrons. The van der Waals surface area contributed by atoms with Gasteiger partial charge >= 0.3 is 0 Å². The van der Waals surface area contributed by atoms with E-state index >= 15 is 0 Å². The highest BCUT2D eigenvalue weighted by Crippen LogP contribution is 2.62. The van der Waals surface area contributed by atoms with E-state index in [1.165, 1.54) is 16.7 Å². The first-order chi connectivity index (χ1) is 9.35. The number of aliphatic hydroxyl groups is 1. The lowest BCUT2D eigenvalue weighted by atomic mass is 9.61. The van der Waals surface area contributed by atoms with Crippen LogP contribution in [0.1, 0.15) is 46.5 Å². The summed E-state index contributed by atoms with van der Waals surface area (Å²) < 4.78 is 5.66. The first kappa shape index (κ1) is 14.1. The molecule has 0 aromatic rings. The number of methoxy groups -OCH3 is 1. The highest BCUT2D eigenvalue weighted by molar-refractivity contribution is 5.50. The maximum Gasteiger partial charge on any atom is 0.116 e. The molecule has 0 amide bonds. The van der Waals surface area contributed by atoms with Gasteiger partial charge in [-0.3, -0.25) is 0 Å². The highest BCUT2D eigenvalue weighted by Gasteiger charge is 2.59. The van der Waals surface area contributed by atoms with Gasteiger partial charge in [-0.25, -0.2) is 0 Å². The van der Waals surface area contributed by atoms with Crippen LogP contribution in [0.15, 0.2) is 34.9 Å². The molecule has 20 heavy (non-hydrogen) atoms. The van der Waals surface area contributed by atoms with Gasteiger partial charge in [-0.1, -0.05) is 30.2 Å². The van der Waals surface area contributed by atoms with Crippen molar-refractivity contribution in [3.63, 3.8) is 0 Å². The van der Waals surface area contributed by atoms with E-state index in [0.29, 0.717) is 5.92 Å². The molecule has 110 valence electrons. The summed E-state index contributed by atoms with van der Waals surface area (Å²) in [6.45, 7) is 10.8. The first-order valence-electron chi connectivity index (χ1n) is 7.69. The molecule has 2 nitrogen and oxygen atoms in total. The van der Waals surface area contributed by atoms with Crippen LogP contribution in [-0.2, 0) is 4.74 Å². The van der Waals surface area contributed by atoms with Crippen LogP contribution in [0.25, 0.3) is 0 Å². The Morgan fingerprint density at radius 2 is 2.05 bits per heavy atom. The third-order valence-corrected chi connectivity index (χ3v) is 6.15. The summed E-state index contributed by atoms with van der Waals surface area (Å²) in [6.07, 6.45) is 6.28. The third-order valence-electron chi connectivity index (χ3n) is 6.15. The van der Waals surface area contributed by atoms with Gasteiger partial charge in [-0.2, -0.15) is 0 Å². The molecule has 0 aromatic heterocycles. The molecule has 0 unspecified atom stereocenters. The van der Waals surface area contributed by atoms with Crippen molar-refractivity contribution in [3.8, 4) is 0 Å². The smallest absolute Gasteiger partial charge is 0.116 e. The van der Waals surface area contributed by atoms with Crippen molar-refractivity contribution in [2.75, 3.05) is 7.11 Å². The number of allylic oxidation sites excluding steroid dienone is 2. The van der Waals surface area contributed by atoms with Gasteiger partial charge in [0.15, 0.2) is 0 Å². The Balaban J connectivity index is 2.18. The number of hydrogen-bond donors (Lipinski definition) is 1. The Bertz CT molecular complexity index is 528. The summed E-state index contributed by atoms with van der Waals surface area (Å²) in [5, 5.41) is 11.7. The van der Waals surface area contributed by atoms with E-state index in [0.717, 1.165) is 31.3 Å². The Morgan fingerprint density at radius 3 is 2.70 bits per heavy atom. The normalized spacial score (nSPS) is 44.2. The SMILES string of the molecule is C=C1[C@@H]2CC[C@@]1(C)[C@@](O)(C1=C(C)CC[C@@H]1OC)C=C2C. The molecule has 0 saturated heterocycles. The van der Waals surface area contributed by atoms with E-state index in [1.54, 1.807) is 7.11 Å². The summed E-state index contributed by atoms with van der Waals surface area (Å²) in [5.41, 5.74) is 3.72. The number of rotatable bonds is 2. The second kappa shape index (κ2) is 4.32. The van der Waals surface area contributed by atoms with Gasteiger partial charge < -0.3 is 9.84 Å². The maximum absolute atomic E-state index is 11.7. The fourth-order valence-electron chi connectivity index (χ4n) is 4.76. The van der Waals surface area contributed by atoms with Crippen molar-refractivity contribution in [3.05, 3.63) is 34.9 Å². The Kier molecular flexibility index (Phi) is 3.04. The quantitative estimate of drug-likeness (QED) is 0.777. The molecule has 3 rings (SSSR count). The zero-order valence-electron chi connectivity index (χ0n) is 13.1. The van der Waals surface area contributed by atoms with Gasteiger partial charge in [0.25, 0.3) is 0 Å². The predicted molar refractivity (Wildman–Crippen MR) is 81.4 cm³/mol. The molecule has 0 aliphatic heterocycles. The molecule has 0 heterocycles. The molecule has 0 spiro atoms. The van der Waals surface area contributed by atoms with E-state index in [2.05, 4.69) is 33.4 Å². The van der Waals surface area contributed by atoms with Crippen LogP contribution in [0.3, 0.4) is 0 Å². The molecule has 2 bridgehead atoms. The molecular formula is C18H26O2. The van der Waals surface area contributed by atoms with Gasteiger partial charge in [0.05, 0.1) is 6.10 Å². The number of ether oxygens (including phenoxy) is 1. The third kappa shape index (κ3) is 1.52. The van der Waals surface area contributed by atoms with Crippen LogP contribution in [0.2, 0.25) is 0 Å². The highest BCUT2D eigenvalue weighted by atomic mass is 16.5. The Labute approximate surface area is 122 Å². The zero-order valence-corrected chi connectivity index (χ0v) is 13.1. The minimum atomic E-state index is -0.914. The molecule has 3 aliphatic rings. The monoisotopic (exact) mass is 274 g/mol. The topological polar surface area (TPSA) is 29.5 Å². The molecule has 2 heteroatoms. The van der Waals surface area contributed by atoms with E-state index in [9.17, 15) is 5.11 Å². The van der Waals surface area contributed by atoms with Gasteiger partial charge in [-0.15, -0.1) is 0 Å². The lowest BCUT2D eigenvalue weighted by Crippen LogP contribution is -2.50. The summed E-state index contributed by atoms with van der Waals surface area (Å²) in [4.78, 5) is 0. The maximum atomic E-state index is 11.7. The zero-order chi connectivity index (χ0) is 14.7. The van der Waals surface area contributed by atoms with E-state index in [1.807, 2.05) is 0 Å². The standard InChI is InChI=1S/C18H26O2/c1-11-6-7-15(20-5)16(11)18(19)10-12(2)14-8-9-17(18,4)13(14)3/h10,14-15,19H,3,6-9H2,1-2,4-5H3/t14-,15+,17-,18+/m1/s1. The number of hydrogen-bond acceptors (Lipinski definition) is 2. The van der Waals surface area contributed by atoms with Gasteiger partial charge in [0.2, 0.25) is 0 Å². The van der Waals surface area contributed by atoms with Gasteiger partial charge in [0.1, 0.15) is 5.60 Å². The van der Waals surface area contributed by atoms with Crippen molar-refractivity contribution >= 4 is 0 Å². The minimum absolute atomic E-state index is 0.0471. The summed E-state index contributed by atoms with van der Waals surface area (Å²) in [6, 6.07) is 0. The van der Waals surface area contributed by atoms with Crippen molar-refractivity contribution < 1.29 is 9.84 Å². The van der Waals surface area contributed by atoms with Crippen LogP contribution in [-0.4, -0.2) is 23.9 Å². The molecular weight excluding hydrogens is 248 g/mol. The fraction of sp³-hybridized carbons (Fsp3) is 0.667. The van der Waals surface area contributed by atoms with Crippen molar-refractivity contribution in [2.45, 2.75) is 58.2 Å². The summed E-state index contributed by atoms with van der Waals surface area (Å²) in [5.74, 6) is 0.462. The summed E-state index contributed by atoms with van der Waals surface area (Å²) in [7, 11) is 1.75. The molecule has 4 atom stereocenters. The lowest BCUT2D eigenvalue weighted by molar-refractivity contribution is -0.00584. The van der Waals surface area contributed by atoms with Crippen molar-refractivity contribution in [2.24, 2.45) is 11.3 Å². The van der Waals surface area contributed by atoms with Crippen LogP contribution in [0.5, 0.6) is 0 Å². The molecule has 3 aliphatic carbocycles. The summed E-state index contributed by atoms with van der Waals surface area (Å²) >= 11 is 0. The average molecular weight is 274 g/mol. The lowest BCUT2D eigenvalue weighted by Gasteiger charge is -2.48. The fourth-order valence-corrected chi connectivity index (χ4v) is 4.76. The van der Waals surface area contributed by atoms with Crippen molar-refractivity contribution in [1.82, 2.24) is 0 Å². The molecule has 1 fully saturated rings. The average Bonchev–Trinajstić information content (AvgIpc) is 2.89. The van der Waals surface area contributed by atoms with Crippen LogP contribution < -0.4 is 0 Å². The minimum Gasteiger partial charge on any atom is -0.380 e. The molecule has 1 saturated carbocycles. The molecule has 0 aromatic carbocycles. The van der Waals surface area contributed by atoms with Crippen LogP contribution in [0, 0.1) is 11.3 Å². The van der Waals surface area contributed by atoms with Gasteiger partial charge in [-0.05, 0) is 51.2 Å². The second-order valence-corrected chi connectivity index (χ2v) is 7.06. The largest absolute Gasteiger partial charge is 0.380 e. The van der Waals surface area contributed by atoms with Crippen LogP contribution >= 0.6 is 0 Å². The first-order valence-corrected chi connectivity index (χ1v) is 7.69. The number of fused-ring (bicyclic) bond motifs is 2. The Hall–Kier alpha value is -0.860.